The maximum Gasteiger partial charge on any atom is 0.273 e. The number of hydrogen-bond donors (Lipinski definition) is 2. The summed E-state index contributed by atoms with van der Waals surface area (Å²) >= 11 is 0. The van der Waals surface area contributed by atoms with Crippen LogP contribution in [0.4, 0.5) is 4.39 Å². The van der Waals surface area contributed by atoms with E-state index in [-0.39, 0.29) is 23.4 Å². The molecule has 190 valence electrons. The molecule has 4 rings (SSSR count). The molecule has 1 heterocycles. The van der Waals surface area contributed by atoms with Crippen LogP contribution < -0.4 is 5.32 Å². The molecule has 1 amide bonds. The van der Waals surface area contributed by atoms with Gasteiger partial charge in [-0.2, -0.15) is 0 Å². The number of nitrogens with one attached hydrogen (secondary N) is 1. The van der Waals surface area contributed by atoms with Crippen LogP contribution in [0.25, 0.3) is 5.57 Å². The lowest BCUT2D eigenvalue weighted by atomic mass is 9.85. The highest BCUT2D eigenvalue weighted by molar-refractivity contribution is 6.18. The molecule has 1 atom stereocenters. The van der Waals surface area contributed by atoms with Crippen molar-refractivity contribution in [2.45, 2.75) is 27.3 Å². The minimum atomic E-state index is -0.347. The largest absolute Gasteiger partial charge is 0.508 e. The molecule has 0 saturated heterocycles. The Hall–Kier alpha value is -3.71. The van der Waals surface area contributed by atoms with Crippen molar-refractivity contribution in [3.8, 4) is 5.75 Å². The van der Waals surface area contributed by atoms with Crippen LogP contribution in [0, 0.1) is 18.7 Å². The number of carbonyl (C=O) groups is 1. The van der Waals surface area contributed by atoms with E-state index < -0.39 is 0 Å². The molecule has 0 fully saturated rings. The number of phenols is 1. The molecule has 7 heteroatoms. The van der Waals surface area contributed by atoms with Gasteiger partial charge in [0.25, 0.3) is 5.91 Å². The zero-order valence-electron chi connectivity index (χ0n) is 21.5. The van der Waals surface area contributed by atoms with Crippen molar-refractivity contribution in [3.05, 3.63) is 94.7 Å². The van der Waals surface area contributed by atoms with E-state index in [4.69, 9.17) is 9.73 Å². The fourth-order valence-electron chi connectivity index (χ4n) is 4.26. The number of amides is 1. The first-order valence-electron chi connectivity index (χ1n) is 12.2. The summed E-state index contributed by atoms with van der Waals surface area (Å²) < 4.78 is 19.3. The molecule has 2 aromatic carbocycles. The zero-order valence-corrected chi connectivity index (χ0v) is 21.5. The van der Waals surface area contributed by atoms with Crippen molar-refractivity contribution in [2.75, 3.05) is 27.2 Å². The number of aromatic hydroxyl groups is 1. The molecule has 0 aromatic heterocycles. The minimum absolute atomic E-state index is 0.217. The first-order chi connectivity index (χ1) is 17.4. The number of fused-ring (bicyclic) bond motifs is 1. The van der Waals surface area contributed by atoms with Gasteiger partial charge in [-0.25, -0.2) is 9.38 Å². The number of aliphatic imine (C=N–C) groups is 1. The molecule has 1 unspecified atom stereocenters. The number of methoxy groups -OCH3 is 1. The van der Waals surface area contributed by atoms with E-state index in [0.29, 0.717) is 36.7 Å². The molecule has 0 radical (unpaired) electrons. The number of allylic oxidation sites excluding steroid dienone is 4. The topological polar surface area (TPSA) is 74.2 Å². The fourth-order valence-corrected chi connectivity index (χ4v) is 4.26. The average Bonchev–Trinajstić information content (AvgIpc) is 3.29. The second-order valence-electron chi connectivity index (χ2n) is 8.32. The second kappa shape index (κ2) is 12.3. The summed E-state index contributed by atoms with van der Waals surface area (Å²) in [4.78, 5) is 20.4. The third-order valence-corrected chi connectivity index (χ3v) is 6.04. The maximum absolute atomic E-state index is 13.9. The number of phenolic OH excluding ortho intramolecular Hbond substituents is 1. The Morgan fingerprint density at radius 1 is 1.19 bits per heavy atom. The van der Waals surface area contributed by atoms with Crippen LogP contribution in [0.5, 0.6) is 5.75 Å². The van der Waals surface area contributed by atoms with Gasteiger partial charge in [0.1, 0.15) is 23.0 Å². The summed E-state index contributed by atoms with van der Waals surface area (Å²) in [5, 5.41) is 13.0. The smallest absolute Gasteiger partial charge is 0.273 e. The predicted octanol–water partition coefficient (Wildman–Crippen LogP) is 5.00. The third kappa shape index (κ3) is 5.74. The van der Waals surface area contributed by atoms with Gasteiger partial charge < -0.3 is 20.1 Å². The summed E-state index contributed by atoms with van der Waals surface area (Å²) in [6, 6.07) is 11.4. The third-order valence-electron chi connectivity index (χ3n) is 6.04. The van der Waals surface area contributed by atoms with E-state index in [2.05, 4.69) is 5.32 Å². The van der Waals surface area contributed by atoms with Gasteiger partial charge in [0, 0.05) is 25.2 Å². The molecule has 1 aliphatic carbocycles. The van der Waals surface area contributed by atoms with E-state index in [9.17, 15) is 14.3 Å². The quantitative estimate of drug-likeness (QED) is 0.545. The first-order valence-corrected chi connectivity index (χ1v) is 12.2. The van der Waals surface area contributed by atoms with Crippen molar-refractivity contribution in [1.29, 1.82) is 0 Å². The maximum atomic E-state index is 13.9. The monoisotopic (exact) mass is 491 g/mol. The molecule has 0 spiro atoms. The van der Waals surface area contributed by atoms with Crippen molar-refractivity contribution >= 4 is 17.2 Å². The molecular formula is C29H34FN3O3. The van der Waals surface area contributed by atoms with Gasteiger partial charge in [-0.15, -0.1) is 0 Å². The van der Waals surface area contributed by atoms with Gasteiger partial charge >= 0.3 is 0 Å². The summed E-state index contributed by atoms with van der Waals surface area (Å²) in [6.45, 7) is 7.26. The molecule has 2 aromatic rings. The summed E-state index contributed by atoms with van der Waals surface area (Å²) in [6.07, 6.45) is 5.58. The van der Waals surface area contributed by atoms with Gasteiger partial charge in [0.2, 0.25) is 0 Å². The zero-order chi connectivity index (χ0) is 26.2. The number of carbonyl (C=O) groups excluding carboxylic acids is 1. The number of aryl methyl sites for hydroxylation is 1. The Kier molecular flexibility index (Phi) is 9.19. The highest BCUT2D eigenvalue weighted by atomic mass is 19.1. The van der Waals surface area contributed by atoms with Gasteiger partial charge in [0.05, 0.1) is 18.7 Å². The van der Waals surface area contributed by atoms with Crippen LogP contribution in [0.2, 0.25) is 0 Å². The molecule has 0 bridgehead atoms. The van der Waals surface area contributed by atoms with Crippen molar-refractivity contribution in [3.63, 3.8) is 0 Å². The number of ether oxygens (including phenoxy) is 1. The van der Waals surface area contributed by atoms with E-state index in [1.165, 1.54) is 12.1 Å². The van der Waals surface area contributed by atoms with Gasteiger partial charge in [-0.05, 0) is 61.0 Å². The summed E-state index contributed by atoms with van der Waals surface area (Å²) in [5.41, 5.74) is 4.12. The molecule has 2 aliphatic rings. The van der Waals surface area contributed by atoms with Gasteiger partial charge in [-0.3, -0.25) is 4.79 Å². The van der Waals surface area contributed by atoms with E-state index in [1.54, 1.807) is 30.2 Å². The minimum Gasteiger partial charge on any atom is -0.508 e. The van der Waals surface area contributed by atoms with Crippen molar-refractivity contribution in [2.24, 2.45) is 10.9 Å². The normalized spacial score (nSPS) is 16.0. The van der Waals surface area contributed by atoms with Crippen LogP contribution in [0.15, 0.2) is 77.1 Å². The van der Waals surface area contributed by atoms with E-state index >= 15 is 0 Å². The molecule has 6 nitrogen and oxygen atoms in total. The Morgan fingerprint density at radius 2 is 1.92 bits per heavy atom. The lowest BCUT2D eigenvalue weighted by molar-refractivity contribution is -0.127. The Morgan fingerprint density at radius 3 is 2.56 bits per heavy atom. The lowest BCUT2D eigenvalue weighted by Crippen LogP contribution is -2.36. The molecule has 2 N–H and O–H groups in total. The van der Waals surface area contributed by atoms with Crippen LogP contribution >= 0.6 is 0 Å². The first kappa shape index (κ1) is 26.9. The Balaban J connectivity index is 0.00000176. The summed E-state index contributed by atoms with van der Waals surface area (Å²) in [5.74, 6) is 0.00250. The number of hydrogen-bond acceptors (Lipinski definition) is 5. The molecular weight excluding hydrogens is 457 g/mol. The Bertz CT molecular complexity index is 1210. The van der Waals surface area contributed by atoms with Gasteiger partial charge in [-0.1, -0.05) is 44.2 Å². The van der Waals surface area contributed by atoms with E-state index in [0.717, 1.165) is 22.4 Å². The highest BCUT2D eigenvalue weighted by Gasteiger charge is 2.38. The number of nitrogens with zero attached hydrogens (tertiary/aromatic N) is 2. The second-order valence-corrected chi connectivity index (χ2v) is 8.32. The lowest BCUT2D eigenvalue weighted by Gasteiger charge is -2.24. The standard InChI is InChI=1S/C27H28FN3O3.C2H6/c1-17-15-18(7-12-22(17)32)16-31(14-13-29-2)27(33)26-24(19-8-10-20(28)11-9-19)25-21(30-26)5-4-6-23(25)34-3;1-2/h4-12,15,25,29,32H,13-14,16H2,1-3H3;1-2H3. The molecule has 1 aliphatic heterocycles. The van der Waals surface area contributed by atoms with E-state index in [1.807, 2.05) is 58.2 Å². The molecule has 0 saturated carbocycles. The van der Waals surface area contributed by atoms with Crippen molar-refractivity contribution < 1.29 is 19.0 Å². The van der Waals surface area contributed by atoms with Crippen LogP contribution in [0.1, 0.15) is 30.5 Å². The molecule has 36 heavy (non-hydrogen) atoms. The predicted molar refractivity (Wildman–Crippen MR) is 142 cm³/mol. The van der Waals surface area contributed by atoms with Crippen LogP contribution in [-0.2, 0) is 16.1 Å². The number of likely N-dealkylation sites (N-methyl/N-ethyl adjacent to an activating group) is 1. The van der Waals surface area contributed by atoms with Crippen LogP contribution in [-0.4, -0.2) is 48.9 Å². The Labute approximate surface area is 212 Å². The average molecular weight is 492 g/mol. The highest BCUT2D eigenvalue weighted by Crippen LogP contribution is 2.41. The number of benzene rings is 2. The van der Waals surface area contributed by atoms with Gasteiger partial charge in [0.15, 0.2) is 0 Å². The SMILES string of the molecule is CC.CNCCN(Cc1ccc(O)c(C)c1)C(=O)C1=C(c2ccc(F)cc2)C2C(OC)=CC=CC2=N1. The van der Waals surface area contributed by atoms with Crippen molar-refractivity contribution in [1.82, 2.24) is 10.2 Å². The fraction of sp³-hybridized carbons (Fsp3) is 0.310. The van der Waals surface area contributed by atoms with Crippen LogP contribution in [0.3, 0.4) is 0 Å². The summed E-state index contributed by atoms with van der Waals surface area (Å²) in [7, 11) is 3.43. The number of rotatable bonds is 8. The number of halogens is 1.